The molecular formula is C20H29BrN2O6. The van der Waals surface area contributed by atoms with Gasteiger partial charge in [0.25, 0.3) is 0 Å². The lowest BCUT2D eigenvalue weighted by Crippen LogP contribution is -2.57. The van der Waals surface area contributed by atoms with Gasteiger partial charge in [0.2, 0.25) is 11.8 Å². The molecule has 0 aromatic rings. The molecule has 3 rings (SSSR count). The van der Waals surface area contributed by atoms with E-state index in [1.165, 1.54) is 4.90 Å². The summed E-state index contributed by atoms with van der Waals surface area (Å²) in [5, 5.41) is 19.3. The van der Waals surface area contributed by atoms with Crippen molar-refractivity contribution in [1.82, 2.24) is 9.80 Å². The van der Waals surface area contributed by atoms with E-state index in [1.54, 1.807) is 11.0 Å². The Morgan fingerprint density at radius 3 is 2.76 bits per heavy atom. The summed E-state index contributed by atoms with van der Waals surface area (Å²) in [5.41, 5.74) is -1.19. The highest BCUT2D eigenvalue weighted by molar-refractivity contribution is 9.09. The summed E-state index contributed by atoms with van der Waals surface area (Å²) in [6.07, 6.45) is 4.19. The lowest BCUT2D eigenvalue weighted by Gasteiger charge is -2.36. The lowest BCUT2D eigenvalue weighted by atomic mass is 9.70. The first-order chi connectivity index (χ1) is 13.8. The number of aliphatic carboxylic acids is 1. The van der Waals surface area contributed by atoms with Gasteiger partial charge in [0.05, 0.1) is 24.5 Å². The SMILES string of the molecule is C=CCN(CCCCC)C(=O)[C@@H]1N(CCO)C(=O)[C@H]2[C@H](C(=O)O)[C@H]3O[C@@]12CC3Br. The third-order valence-corrected chi connectivity index (χ3v) is 7.19. The number of carboxylic acid groups (broad SMARTS) is 1. The van der Waals surface area contributed by atoms with Gasteiger partial charge in [-0.1, -0.05) is 41.8 Å². The lowest BCUT2D eigenvalue weighted by molar-refractivity contribution is -0.151. The van der Waals surface area contributed by atoms with Crippen molar-refractivity contribution in [2.45, 2.75) is 55.2 Å². The van der Waals surface area contributed by atoms with Gasteiger partial charge >= 0.3 is 5.97 Å². The number of amides is 2. The van der Waals surface area contributed by atoms with E-state index in [4.69, 9.17) is 4.74 Å². The zero-order valence-corrected chi connectivity index (χ0v) is 18.2. The van der Waals surface area contributed by atoms with Crippen LogP contribution in [0.1, 0.15) is 32.6 Å². The fraction of sp³-hybridized carbons (Fsp3) is 0.750. The minimum absolute atomic E-state index is 0.0301. The van der Waals surface area contributed by atoms with Gasteiger partial charge in [0, 0.05) is 24.5 Å². The average Bonchev–Trinajstić information content (AvgIpc) is 3.25. The van der Waals surface area contributed by atoms with Crippen molar-refractivity contribution in [3.63, 3.8) is 0 Å². The summed E-state index contributed by atoms with van der Waals surface area (Å²) >= 11 is 3.50. The van der Waals surface area contributed by atoms with Crippen molar-refractivity contribution in [1.29, 1.82) is 0 Å². The van der Waals surface area contributed by atoms with E-state index >= 15 is 0 Å². The molecular weight excluding hydrogens is 444 g/mol. The van der Waals surface area contributed by atoms with E-state index in [9.17, 15) is 24.6 Å². The van der Waals surface area contributed by atoms with Gasteiger partial charge in [0.15, 0.2) is 0 Å². The molecule has 3 heterocycles. The van der Waals surface area contributed by atoms with Crippen LogP contribution in [0.2, 0.25) is 0 Å². The van der Waals surface area contributed by atoms with Crippen LogP contribution in [0.25, 0.3) is 0 Å². The number of aliphatic hydroxyl groups is 1. The van der Waals surface area contributed by atoms with Crippen molar-refractivity contribution in [2.24, 2.45) is 11.8 Å². The predicted octanol–water partition coefficient (Wildman–Crippen LogP) is 1.02. The minimum atomic E-state index is -1.19. The van der Waals surface area contributed by atoms with Gasteiger partial charge in [-0.05, 0) is 12.8 Å². The molecule has 3 aliphatic heterocycles. The van der Waals surface area contributed by atoms with E-state index in [0.717, 1.165) is 19.3 Å². The van der Waals surface area contributed by atoms with Crippen molar-refractivity contribution < 1.29 is 29.3 Å². The smallest absolute Gasteiger partial charge is 0.310 e. The Hall–Kier alpha value is -1.45. The Kier molecular flexibility index (Phi) is 6.70. The number of carboxylic acids is 1. The van der Waals surface area contributed by atoms with Crippen LogP contribution in [-0.2, 0) is 19.1 Å². The Balaban J connectivity index is 1.98. The molecule has 162 valence electrons. The van der Waals surface area contributed by atoms with E-state index in [0.29, 0.717) is 19.5 Å². The van der Waals surface area contributed by atoms with Crippen LogP contribution < -0.4 is 0 Å². The van der Waals surface area contributed by atoms with Crippen LogP contribution in [0.3, 0.4) is 0 Å². The second kappa shape index (κ2) is 8.73. The van der Waals surface area contributed by atoms with Gasteiger partial charge in [0.1, 0.15) is 11.6 Å². The summed E-state index contributed by atoms with van der Waals surface area (Å²) in [6, 6.07) is -0.942. The Labute approximate surface area is 179 Å². The minimum Gasteiger partial charge on any atom is -0.481 e. The quantitative estimate of drug-likeness (QED) is 0.279. The van der Waals surface area contributed by atoms with Crippen LogP contribution in [0.15, 0.2) is 12.7 Å². The number of carbonyl (C=O) groups is 3. The van der Waals surface area contributed by atoms with Crippen LogP contribution in [0, 0.1) is 11.8 Å². The molecule has 0 saturated carbocycles. The molecule has 2 bridgehead atoms. The van der Waals surface area contributed by atoms with E-state index in [1.807, 2.05) is 0 Å². The van der Waals surface area contributed by atoms with Gasteiger partial charge < -0.3 is 24.7 Å². The third kappa shape index (κ3) is 3.51. The number of alkyl halides is 1. The summed E-state index contributed by atoms with van der Waals surface area (Å²) in [7, 11) is 0. The van der Waals surface area contributed by atoms with Crippen LogP contribution >= 0.6 is 15.9 Å². The molecule has 2 amide bonds. The maximum absolute atomic E-state index is 13.6. The number of unbranched alkanes of at least 4 members (excludes halogenated alkanes) is 2. The monoisotopic (exact) mass is 472 g/mol. The molecule has 1 spiro atoms. The molecule has 3 saturated heterocycles. The molecule has 0 aliphatic carbocycles. The number of β-amino-alcohol motifs (C(OH)–C–C–N with tert-alkyl or cyclic N) is 1. The maximum Gasteiger partial charge on any atom is 0.310 e. The molecule has 3 aliphatic rings. The van der Waals surface area contributed by atoms with Gasteiger partial charge in [-0.2, -0.15) is 0 Å². The average molecular weight is 473 g/mol. The number of nitrogens with zero attached hydrogens (tertiary/aromatic N) is 2. The number of halogens is 1. The summed E-state index contributed by atoms with van der Waals surface area (Å²) in [5.74, 6) is -3.70. The Morgan fingerprint density at radius 1 is 1.45 bits per heavy atom. The zero-order chi connectivity index (χ0) is 21.3. The predicted molar refractivity (Wildman–Crippen MR) is 108 cm³/mol. The normalized spacial score (nSPS) is 35.1. The molecule has 0 radical (unpaired) electrons. The first-order valence-corrected chi connectivity index (χ1v) is 11.1. The summed E-state index contributed by atoms with van der Waals surface area (Å²) < 4.78 is 6.16. The number of likely N-dealkylation sites (tertiary alicyclic amines) is 1. The zero-order valence-electron chi connectivity index (χ0n) is 16.6. The molecule has 6 atom stereocenters. The number of ether oxygens (including phenoxy) is 1. The fourth-order valence-electron chi connectivity index (χ4n) is 5.21. The van der Waals surface area contributed by atoms with E-state index in [-0.39, 0.29) is 23.9 Å². The number of hydrogen-bond donors (Lipinski definition) is 2. The van der Waals surface area contributed by atoms with Crippen molar-refractivity contribution in [3.8, 4) is 0 Å². The summed E-state index contributed by atoms with van der Waals surface area (Å²) in [6.45, 7) is 6.34. The fourth-order valence-corrected chi connectivity index (χ4v) is 6.15. The van der Waals surface area contributed by atoms with Crippen molar-refractivity contribution in [2.75, 3.05) is 26.2 Å². The first-order valence-electron chi connectivity index (χ1n) is 10.2. The van der Waals surface area contributed by atoms with Crippen molar-refractivity contribution in [3.05, 3.63) is 12.7 Å². The highest BCUT2D eigenvalue weighted by Gasteiger charge is 2.76. The molecule has 3 fully saturated rings. The van der Waals surface area contributed by atoms with Gasteiger partial charge in [-0.25, -0.2) is 0 Å². The van der Waals surface area contributed by atoms with Crippen LogP contribution in [0.5, 0.6) is 0 Å². The topological polar surface area (TPSA) is 107 Å². The highest BCUT2D eigenvalue weighted by atomic mass is 79.9. The molecule has 2 N–H and O–H groups in total. The molecule has 8 nitrogen and oxygen atoms in total. The number of hydrogen-bond acceptors (Lipinski definition) is 5. The Morgan fingerprint density at radius 2 is 2.17 bits per heavy atom. The van der Waals surface area contributed by atoms with E-state index in [2.05, 4.69) is 29.4 Å². The number of aliphatic hydroxyl groups excluding tert-OH is 1. The van der Waals surface area contributed by atoms with Crippen molar-refractivity contribution >= 4 is 33.7 Å². The Bertz CT molecular complexity index is 688. The summed E-state index contributed by atoms with van der Waals surface area (Å²) in [4.78, 5) is 41.5. The molecule has 9 heteroatoms. The molecule has 29 heavy (non-hydrogen) atoms. The second-order valence-corrected chi connectivity index (χ2v) is 9.21. The largest absolute Gasteiger partial charge is 0.481 e. The third-order valence-electron chi connectivity index (χ3n) is 6.34. The molecule has 0 aromatic carbocycles. The molecule has 0 aromatic heterocycles. The van der Waals surface area contributed by atoms with E-state index < -0.39 is 41.5 Å². The van der Waals surface area contributed by atoms with Crippen LogP contribution in [0.4, 0.5) is 0 Å². The first kappa shape index (κ1) is 22.2. The number of carbonyl (C=O) groups excluding carboxylic acids is 2. The second-order valence-electron chi connectivity index (χ2n) is 8.04. The maximum atomic E-state index is 13.6. The van der Waals surface area contributed by atoms with Gasteiger partial charge in [-0.3, -0.25) is 14.4 Å². The standard InChI is InChI=1S/C20H29BrN2O6/c1-3-5-6-8-22(7-4-2)18(26)16-20-11-12(21)15(29-20)13(19(27)28)14(20)17(25)23(16)9-10-24/h4,12-16,24H,2-3,5-11H2,1H3,(H,27,28)/t12?,13-,14+,15-,16-,20+/m0/s1. The number of fused-ring (bicyclic) bond motifs is 1. The number of rotatable bonds is 10. The van der Waals surface area contributed by atoms with Gasteiger partial charge in [-0.15, -0.1) is 6.58 Å². The van der Waals surface area contributed by atoms with Crippen LogP contribution in [-0.4, -0.2) is 86.6 Å². The highest BCUT2D eigenvalue weighted by Crippen LogP contribution is 2.60. The molecule has 1 unspecified atom stereocenters.